The first-order chi connectivity index (χ1) is 11.5. The molecule has 0 aliphatic carbocycles. The van der Waals surface area contributed by atoms with E-state index in [0.717, 1.165) is 18.1 Å². The second-order valence-corrected chi connectivity index (χ2v) is 5.79. The van der Waals surface area contributed by atoms with Crippen molar-refractivity contribution in [1.29, 1.82) is 0 Å². The minimum absolute atomic E-state index is 0.179. The number of hydrogen-bond donors (Lipinski definition) is 2. The Balaban J connectivity index is 1.87. The number of para-hydroxylation sites is 1. The molecule has 0 spiro atoms. The lowest BCUT2D eigenvalue weighted by atomic mass is 10.1. The summed E-state index contributed by atoms with van der Waals surface area (Å²) in [4.78, 5) is 23.6. The summed E-state index contributed by atoms with van der Waals surface area (Å²) in [7, 11) is 0. The van der Waals surface area contributed by atoms with Gasteiger partial charge < -0.3 is 4.74 Å². The van der Waals surface area contributed by atoms with Crippen molar-refractivity contribution in [3.8, 4) is 5.75 Å². The van der Waals surface area contributed by atoms with Crippen LogP contribution in [-0.4, -0.2) is 18.4 Å². The molecule has 0 bridgehead atoms. The molecule has 0 saturated heterocycles. The molecule has 0 aliphatic rings. The highest BCUT2D eigenvalue weighted by atomic mass is 79.9. The molecule has 0 aliphatic heterocycles. The van der Waals surface area contributed by atoms with E-state index in [4.69, 9.17) is 4.74 Å². The van der Waals surface area contributed by atoms with Gasteiger partial charge in [-0.1, -0.05) is 41.1 Å². The molecule has 2 amide bonds. The molecule has 24 heavy (non-hydrogen) atoms. The van der Waals surface area contributed by atoms with Crippen LogP contribution in [0.5, 0.6) is 5.75 Å². The molecule has 2 rings (SSSR count). The molecule has 7 heteroatoms. The van der Waals surface area contributed by atoms with Crippen molar-refractivity contribution in [1.82, 2.24) is 10.9 Å². The van der Waals surface area contributed by atoms with Crippen LogP contribution in [0.1, 0.15) is 22.8 Å². The fourth-order valence-corrected chi connectivity index (χ4v) is 2.34. The fourth-order valence-electron chi connectivity index (χ4n) is 1.98. The van der Waals surface area contributed by atoms with E-state index in [0.29, 0.717) is 10.2 Å². The van der Waals surface area contributed by atoms with Crippen molar-refractivity contribution in [3.05, 3.63) is 63.9 Å². The number of rotatable bonds is 5. The summed E-state index contributed by atoms with van der Waals surface area (Å²) in [6, 6.07) is 11.3. The van der Waals surface area contributed by atoms with E-state index in [2.05, 4.69) is 26.8 Å². The van der Waals surface area contributed by atoms with Crippen molar-refractivity contribution < 1.29 is 18.7 Å². The van der Waals surface area contributed by atoms with Gasteiger partial charge in [0.15, 0.2) is 6.61 Å². The maximum Gasteiger partial charge on any atom is 0.276 e. The molecular weight excluding hydrogens is 379 g/mol. The van der Waals surface area contributed by atoms with Gasteiger partial charge in [-0.2, -0.15) is 0 Å². The third kappa shape index (κ3) is 4.79. The van der Waals surface area contributed by atoms with Crippen LogP contribution in [0.3, 0.4) is 0 Å². The minimum Gasteiger partial charge on any atom is -0.483 e. The summed E-state index contributed by atoms with van der Waals surface area (Å²) in [5.41, 5.74) is 5.14. The molecule has 0 radical (unpaired) electrons. The Kier molecular flexibility index (Phi) is 6.31. The third-order valence-electron chi connectivity index (χ3n) is 3.20. The van der Waals surface area contributed by atoms with Gasteiger partial charge in [0.25, 0.3) is 11.8 Å². The zero-order chi connectivity index (χ0) is 17.5. The van der Waals surface area contributed by atoms with Crippen LogP contribution in [0.4, 0.5) is 4.39 Å². The average Bonchev–Trinajstić information content (AvgIpc) is 2.60. The van der Waals surface area contributed by atoms with Crippen LogP contribution in [0.25, 0.3) is 0 Å². The second kappa shape index (κ2) is 8.44. The summed E-state index contributed by atoms with van der Waals surface area (Å²) < 4.78 is 19.6. The maximum absolute atomic E-state index is 13.6. The Bertz CT molecular complexity index is 752. The predicted octanol–water partition coefficient (Wildman–Crippen LogP) is 2.99. The highest BCUT2D eigenvalue weighted by Gasteiger charge is 2.13. The molecule has 0 aromatic heterocycles. The number of hydrazine groups is 1. The number of aryl methyl sites for hydroxylation is 1. The molecule has 5 nitrogen and oxygen atoms in total. The van der Waals surface area contributed by atoms with Crippen LogP contribution in [-0.2, 0) is 11.2 Å². The quantitative estimate of drug-likeness (QED) is 0.765. The largest absolute Gasteiger partial charge is 0.483 e. The first-order valence-electron chi connectivity index (χ1n) is 7.26. The molecule has 2 N–H and O–H groups in total. The second-order valence-electron chi connectivity index (χ2n) is 4.88. The Hall–Kier alpha value is -2.41. The fraction of sp³-hybridized carbons (Fsp3) is 0.176. The van der Waals surface area contributed by atoms with E-state index in [-0.39, 0.29) is 12.2 Å². The van der Waals surface area contributed by atoms with E-state index in [1.807, 2.05) is 25.1 Å². The molecule has 0 saturated carbocycles. The molecule has 0 atom stereocenters. The number of carbonyl (C=O) groups excluding carboxylic acids is 2. The smallest absolute Gasteiger partial charge is 0.276 e. The number of hydrogen-bond acceptors (Lipinski definition) is 3. The van der Waals surface area contributed by atoms with Gasteiger partial charge in [-0.15, -0.1) is 0 Å². The summed E-state index contributed by atoms with van der Waals surface area (Å²) in [6.45, 7) is 1.72. The Morgan fingerprint density at radius 3 is 2.67 bits per heavy atom. The predicted molar refractivity (Wildman–Crippen MR) is 91.0 cm³/mol. The minimum atomic E-state index is -0.754. The highest BCUT2D eigenvalue weighted by Crippen LogP contribution is 2.18. The van der Waals surface area contributed by atoms with Crippen molar-refractivity contribution >= 4 is 27.7 Å². The summed E-state index contributed by atoms with van der Waals surface area (Å²) in [6.07, 6.45) is 0.774. The zero-order valence-corrected chi connectivity index (χ0v) is 14.5. The number of nitrogens with one attached hydrogen (secondary N) is 2. The van der Waals surface area contributed by atoms with Crippen molar-refractivity contribution in [2.75, 3.05) is 6.61 Å². The number of carbonyl (C=O) groups is 2. The number of halogens is 2. The topological polar surface area (TPSA) is 67.4 Å². The molecule has 0 unspecified atom stereocenters. The van der Waals surface area contributed by atoms with Gasteiger partial charge in [0.05, 0.1) is 5.56 Å². The van der Waals surface area contributed by atoms with E-state index < -0.39 is 17.6 Å². The lowest BCUT2D eigenvalue weighted by Crippen LogP contribution is -2.44. The lowest BCUT2D eigenvalue weighted by molar-refractivity contribution is -0.123. The lowest BCUT2D eigenvalue weighted by Gasteiger charge is -2.11. The maximum atomic E-state index is 13.6. The average molecular weight is 395 g/mol. The monoisotopic (exact) mass is 394 g/mol. The first kappa shape index (κ1) is 17.9. The normalized spacial score (nSPS) is 10.1. The van der Waals surface area contributed by atoms with E-state index >= 15 is 0 Å². The van der Waals surface area contributed by atoms with E-state index in [1.54, 1.807) is 6.07 Å². The van der Waals surface area contributed by atoms with Gasteiger partial charge in [0, 0.05) is 4.47 Å². The summed E-state index contributed by atoms with van der Waals surface area (Å²) in [5, 5.41) is 0. The van der Waals surface area contributed by atoms with Crippen molar-refractivity contribution in [3.63, 3.8) is 0 Å². The first-order valence-corrected chi connectivity index (χ1v) is 8.05. The van der Waals surface area contributed by atoms with Gasteiger partial charge in [-0.3, -0.25) is 20.4 Å². The van der Waals surface area contributed by atoms with Crippen molar-refractivity contribution in [2.45, 2.75) is 13.3 Å². The van der Waals surface area contributed by atoms with Crippen LogP contribution < -0.4 is 15.6 Å². The van der Waals surface area contributed by atoms with E-state index in [9.17, 15) is 14.0 Å². The standard InChI is InChI=1S/C17H16BrFN2O3/c1-2-11-5-3-4-6-15(11)24-10-16(22)20-21-17(23)13-9-12(18)7-8-14(13)19/h3-9H,2,10H2,1H3,(H,20,22)(H,21,23). The number of amides is 2. The van der Waals surface area contributed by atoms with Gasteiger partial charge in [0.2, 0.25) is 0 Å². The van der Waals surface area contributed by atoms with Gasteiger partial charge in [0.1, 0.15) is 11.6 Å². The number of benzene rings is 2. The molecule has 0 heterocycles. The Morgan fingerprint density at radius 2 is 1.92 bits per heavy atom. The molecular formula is C17H16BrFN2O3. The zero-order valence-electron chi connectivity index (χ0n) is 12.9. The summed E-state index contributed by atoms with van der Waals surface area (Å²) >= 11 is 3.15. The third-order valence-corrected chi connectivity index (χ3v) is 3.69. The SMILES string of the molecule is CCc1ccccc1OCC(=O)NNC(=O)c1cc(Br)ccc1F. The van der Waals surface area contributed by atoms with Crippen LogP contribution in [0.15, 0.2) is 46.9 Å². The van der Waals surface area contributed by atoms with Gasteiger partial charge >= 0.3 is 0 Å². The molecule has 126 valence electrons. The van der Waals surface area contributed by atoms with Gasteiger partial charge in [-0.25, -0.2) is 4.39 Å². The van der Waals surface area contributed by atoms with Crippen molar-refractivity contribution in [2.24, 2.45) is 0 Å². The van der Waals surface area contributed by atoms with Crippen LogP contribution >= 0.6 is 15.9 Å². The molecule has 0 fully saturated rings. The van der Waals surface area contributed by atoms with E-state index in [1.165, 1.54) is 12.1 Å². The highest BCUT2D eigenvalue weighted by molar-refractivity contribution is 9.10. The Morgan fingerprint density at radius 1 is 1.17 bits per heavy atom. The molecule has 2 aromatic rings. The van der Waals surface area contributed by atoms with Crippen LogP contribution in [0, 0.1) is 5.82 Å². The Labute approximate surface area is 147 Å². The van der Waals surface area contributed by atoms with Crippen LogP contribution in [0.2, 0.25) is 0 Å². The molecule has 2 aromatic carbocycles. The number of ether oxygens (including phenoxy) is 1. The summed E-state index contributed by atoms with van der Waals surface area (Å²) in [5.74, 6) is -1.38. The van der Waals surface area contributed by atoms with Gasteiger partial charge in [-0.05, 0) is 36.2 Å².